The first-order chi connectivity index (χ1) is 15.5. The first-order valence-corrected chi connectivity index (χ1v) is 11.5. The first-order valence-electron chi connectivity index (χ1n) is 11.0. The number of methoxy groups -OCH3 is 1. The molecule has 0 bridgehead atoms. The lowest BCUT2D eigenvalue weighted by molar-refractivity contribution is 0.0929. The van der Waals surface area contributed by atoms with Crippen LogP contribution in [0.4, 0.5) is 0 Å². The quantitative estimate of drug-likeness (QED) is 0.548. The minimum absolute atomic E-state index is 0.0995. The lowest BCUT2D eigenvalue weighted by Gasteiger charge is -2.33. The number of carbonyl (C=O) groups is 1. The number of rotatable bonds is 7. The number of aryl methyl sites for hydroxylation is 1. The maximum absolute atomic E-state index is 13.4. The van der Waals surface area contributed by atoms with Crippen LogP contribution >= 0.6 is 0 Å². The molecule has 2 N–H and O–H groups in total. The van der Waals surface area contributed by atoms with E-state index in [0.29, 0.717) is 11.3 Å². The van der Waals surface area contributed by atoms with Crippen molar-refractivity contribution in [3.8, 4) is 11.5 Å². The molecule has 2 fully saturated rings. The second-order valence-electron chi connectivity index (χ2n) is 8.65. The molecule has 2 heterocycles. The van der Waals surface area contributed by atoms with Crippen LogP contribution in [-0.2, 0) is 5.54 Å². The average Bonchev–Trinajstić information content (AvgIpc) is 3.53. The molecule has 6 nitrogen and oxygen atoms in total. The summed E-state index contributed by atoms with van der Waals surface area (Å²) in [6, 6.07) is 13.9. The molecule has 7 heteroatoms. The van der Waals surface area contributed by atoms with E-state index in [-0.39, 0.29) is 17.7 Å². The lowest BCUT2D eigenvalue weighted by atomic mass is 9.97. The van der Waals surface area contributed by atoms with Gasteiger partial charge in [-0.15, -0.1) is 0 Å². The number of nitrogens with one attached hydrogen (secondary N) is 2. The van der Waals surface area contributed by atoms with Crippen LogP contribution < -0.4 is 20.1 Å². The molecule has 5 rings (SSSR count). The second kappa shape index (κ2) is 8.22. The van der Waals surface area contributed by atoms with Crippen LogP contribution in [0.2, 0.25) is 0 Å². The third kappa shape index (κ3) is 3.87. The topological polar surface area (TPSA) is 72.5 Å². The van der Waals surface area contributed by atoms with Gasteiger partial charge in [0.2, 0.25) is 0 Å². The molecule has 0 unspecified atom stereocenters. The zero-order valence-corrected chi connectivity index (χ0v) is 19.3. The Bertz CT molecular complexity index is 1170. The fourth-order valence-electron chi connectivity index (χ4n) is 4.26. The minimum Gasteiger partial charge on any atom is -0.497 e. The number of aromatic nitrogens is 1. The Balaban J connectivity index is 1.42. The number of carbonyl (C=O) groups excluding carboxylic acids is 1. The van der Waals surface area contributed by atoms with E-state index in [9.17, 15) is 4.79 Å². The van der Waals surface area contributed by atoms with Gasteiger partial charge in [0, 0.05) is 29.3 Å². The average molecular weight is 445 g/mol. The highest BCUT2D eigenvalue weighted by Crippen LogP contribution is 2.49. The summed E-state index contributed by atoms with van der Waals surface area (Å²) in [7, 11) is 5.30. The molecule has 1 aliphatic heterocycles. The van der Waals surface area contributed by atoms with Crippen molar-refractivity contribution in [1.29, 1.82) is 0 Å². The van der Waals surface area contributed by atoms with E-state index >= 15 is 0 Å². The molecular formula is C25H26N3O3Si. The van der Waals surface area contributed by atoms with Crippen molar-refractivity contribution >= 4 is 27.1 Å². The summed E-state index contributed by atoms with van der Waals surface area (Å²) in [5.74, 6) is 1.32. The predicted octanol–water partition coefficient (Wildman–Crippen LogP) is 3.21. The minimum atomic E-state index is -0.413. The van der Waals surface area contributed by atoms with Crippen LogP contribution in [0.5, 0.6) is 11.5 Å². The van der Waals surface area contributed by atoms with E-state index in [2.05, 4.69) is 25.9 Å². The van der Waals surface area contributed by atoms with Crippen molar-refractivity contribution in [3.05, 3.63) is 65.4 Å². The highest BCUT2D eigenvalue weighted by atomic mass is 28.1. The van der Waals surface area contributed by atoms with Gasteiger partial charge >= 0.3 is 0 Å². The molecule has 32 heavy (non-hydrogen) atoms. The molecular weight excluding hydrogens is 418 g/mol. The SMILES string of the molecule is COc1cc(C2(NC(=O)c3cc(O[C@@H]([Si])[C@@H]4CCN4)ccc3C)CC2)c2cccnc2c1. The summed E-state index contributed by atoms with van der Waals surface area (Å²) in [6.45, 7) is 2.95. The highest BCUT2D eigenvalue weighted by Gasteiger charge is 2.47. The largest absolute Gasteiger partial charge is 0.497 e. The molecule has 0 spiro atoms. The van der Waals surface area contributed by atoms with Gasteiger partial charge in [0.05, 0.1) is 34.1 Å². The standard InChI is InChI=1S/C25H26N3O3Si/c1-15-5-6-16(31-24(32)21-7-11-27-21)12-19(15)23(29)28-25(8-9-25)20-13-17(30-2)14-22-18(20)4-3-10-26-22/h3-6,10,12-14,21,24,27H,7-9,11H2,1-2H3,(H,28,29)/t21-,24-/m0/s1. The molecule has 163 valence electrons. The number of hydrogen-bond donors (Lipinski definition) is 2. The summed E-state index contributed by atoms with van der Waals surface area (Å²) < 4.78 is 11.5. The number of nitrogens with zero attached hydrogens (tertiary/aromatic N) is 1. The van der Waals surface area contributed by atoms with E-state index in [1.165, 1.54) is 0 Å². The van der Waals surface area contributed by atoms with E-state index in [1.807, 2.05) is 49.4 Å². The van der Waals surface area contributed by atoms with Crippen LogP contribution in [0.25, 0.3) is 10.9 Å². The Morgan fingerprint density at radius 1 is 1.25 bits per heavy atom. The van der Waals surface area contributed by atoms with Crippen molar-refractivity contribution in [1.82, 2.24) is 15.6 Å². The third-order valence-corrected chi connectivity index (χ3v) is 7.01. The van der Waals surface area contributed by atoms with E-state index in [0.717, 1.165) is 53.6 Å². The van der Waals surface area contributed by atoms with Gasteiger partial charge in [-0.05, 0) is 68.1 Å². The zero-order valence-electron chi connectivity index (χ0n) is 18.3. The van der Waals surface area contributed by atoms with Crippen LogP contribution in [0.15, 0.2) is 48.7 Å². The summed E-state index contributed by atoms with van der Waals surface area (Å²) in [6.07, 6.45) is 4.59. The van der Waals surface area contributed by atoms with Gasteiger partial charge in [-0.3, -0.25) is 9.78 Å². The molecule has 3 aromatic rings. The van der Waals surface area contributed by atoms with Crippen molar-refractivity contribution in [2.45, 2.75) is 43.5 Å². The maximum atomic E-state index is 13.4. The molecule has 3 radical (unpaired) electrons. The monoisotopic (exact) mass is 444 g/mol. The van der Waals surface area contributed by atoms with Crippen LogP contribution in [0, 0.1) is 6.92 Å². The Labute approximate surface area is 191 Å². The number of benzene rings is 2. The molecule has 2 atom stereocenters. The fraction of sp³-hybridized carbons (Fsp3) is 0.360. The van der Waals surface area contributed by atoms with Gasteiger partial charge in [0.15, 0.2) is 0 Å². The summed E-state index contributed by atoms with van der Waals surface area (Å²) in [5.41, 5.74) is 2.91. The molecule has 1 saturated carbocycles. The van der Waals surface area contributed by atoms with Gasteiger partial charge < -0.3 is 20.1 Å². The molecule has 1 amide bonds. The normalized spacial score (nSPS) is 19.7. The second-order valence-corrected chi connectivity index (χ2v) is 9.21. The van der Waals surface area contributed by atoms with Crippen molar-refractivity contribution < 1.29 is 14.3 Å². The number of hydrogen-bond acceptors (Lipinski definition) is 5. The van der Waals surface area contributed by atoms with Crippen LogP contribution in [0.3, 0.4) is 0 Å². The lowest BCUT2D eigenvalue weighted by Crippen LogP contribution is -2.53. The zero-order chi connectivity index (χ0) is 22.3. The van der Waals surface area contributed by atoms with E-state index in [4.69, 9.17) is 9.47 Å². The van der Waals surface area contributed by atoms with Crippen molar-refractivity contribution in [2.75, 3.05) is 13.7 Å². The van der Waals surface area contributed by atoms with Gasteiger partial charge in [0.25, 0.3) is 5.91 Å². The highest BCUT2D eigenvalue weighted by molar-refractivity contribution is 6.11. The molecule has 1 aliphatic carbocycles. The predicted molar refractivity (Wildman–Crippen MR) is 124 cm³/mol. The van der Waals surface area contributed by atoms with Crippen LogP contribution in [0.1, 0.15) is 40.7 Å². The van der Waals surface area contributed by atoms with Gasteiger partial charge in [-0.25, -0.2) is 0 Å². The first kappa shape index (κ1) is 21.0. The van der Waals surface area contributed by atoms with Crippen molar-refractivity contribution in [3.63, 3.8) is 0 Å². The number of pyridine rings is 1. The van der Waals surface area contributed by atoms with Crippen LogP contribution in [-0.4, -0.2) is 46.6 Å². The van der Waals surface area contributed by atoms with E-state index < -0.39 is 5.54 Å². The Morgan fingerprint density at radius 2 is 2.06 bits per heavy atom. The Kier molecular flexibility index (Phi) is 5.39. The molecule has 1 saturated heterocycles. The summed E-state index contributed by atoms with van der Waals surface area (Å²) >= 11 is 0. The Hall–Kier alpha value is -2.90. The number of ether oxygens (including phenoxy) is 2. The number of amides is 1. The Morgan fingerprint density at radius 3 is 2.75 bits per heavy atom. The summed E-state index contributed by atoms with van der Waals surface area (Å²) in [5, 5.41) is 7.67. The van der Waals surface area contributed by atoms with Gasteiger partial charge in [-0.1, -0.05) is 12.1 Å². The third-order valence-electron chi connectivity index (χ3n) is 6.49. The van der Waals surface area contributed by atoms with E-state index in [1.54, 1.807) is 13.3 Å². The summed E-state index contributed by atoms with van der Waals surface area (Å²) in [4.78, 5) is 17.9. The molecule has 2 aromatic carbocycles. The smallest absolute Gasteiger partial charge is 0.252 e. The molecule has 2 aliphatic rings. The number of fused-ring (bicyclic) bond motifs is 1. The van der Waals surface area contributed by atoms with Gasteiger partial charge in [0.1, 0.15) is 11.5 Å². The van der Waals surface area contributed by atoms with Crippen molar-refractivity contribution in [2.24, 2.45) is 0 Å². The van der Waals surface area contributed by atoms with Gasteiger partial charge in [-0.2, -0.15) is 0 Å². The fourth-order valence-corrected chi connectivity index (χ4v) is 4.68. The maximum Gasteiger partial charge on any atom is 0.252 e. The molecule has 1 aromatic heterocycles.